The molecule has 0 spiro atoms. The lowest BCUT2D eigenvalue weighted by Crippen LogP contribution is -2.43. The van der Waals surface area contributed by atoms with Crippen molar-refractivity contribution in [1.29, 1.82) is 0 Å². The molecule has 0 radical (unpaired) electrons. The van der Waals surface area contributed by atoms with Crippen molar-refractivity contribution < 1.29 is 14.0 Å². The van der Waals surface area contributed by atoms with Crippen LogP contribution in [0.2, 0.25) is 0 Å². The van der Waals surface area contributed by atoms with E-state index >= 15 is 0 Å². The second-order valence-electron chi connectivity index (χ2n) is 13.4. The lowest BCUT2D eigenvalue weighted by atomic mass is 10.00. The summed E-state index contributed by atoms with van der Waals surface area (Å²) in [5.74, 6) is 1.52. The molecule has 8 aromatic rings. The average molecular weight is 734 g/mol. The highest BCUT2D eigenvalue weighted by atomic mass is 32.2. The topological polar surface area (TPSA) is 92.4 Å². The molecule has 0 fully saturated rings. The monoisotopic (exact) mass is 733 g/mol. The summed E-state index contributed by atoms with van der Waals surface area (Å²) >= 11 is 1.55. The first-order valence-electron chi connectivity index (χ1n) is 18.1. The highest BCUT2D eigenvalue weighted by molar-refractivity contribution is 8.03. The summed E-state index contributed by atoms with van der Waals surface area (Å²) < 4.78 is 6.42. The molecule has 0 bridgehead atoms. The molecule has 0 saturated heterocycles. The molecule has 0 aliphatic carbocycles. The van der Waals surface area contributed by atoms with Crippen molar-refractivity contribution in [3.05, 3.63) is 156 Å². The normalized spacial score (nSPS) is 14.1. The molecule has 8 nitrogen and oxygen atoms in total. The second-order valence-corrected chi connectivity index (χ2v) is 14.5. The maximum absolute atomic E-state index is 14.2. The van der Waals surface area contributed by atoms with Crippen LogP contribution in [-0.2, 0) is 4.79 Å². The quantitative estimate of drug-likeness (QED) is 0.168. The number of urea groups is 1. The molecule has 3 amide bonds. The number of hydrogen-bond acceptors (Lipinski definition) is 7. The number of nitrogens with zero attached hydrogens (tertiary/aromatic N) is 5. The molecular weight excluding hydrogens is 703 g/mol. The summed E-state index contributed by atoms with van der Waals surface area (Å²) in [5, 5.41) is 2.67. The van der Waals surface area contributed by atoms with Gasteiger partial charge >= 0.3 is 6.03 Å². The fraction of sp³-hybridized carbons (Fsp3) is 0.0652. The van der Waals surface area contributed by atoms with Gasteiger partial charge in [0.05, 0.1) is 22.8 Å². The van der Waals surface area contributed by atoms with Gasteiger partial charge in [-0.1, -0.05) is 122 Å². The largest absolute Gasteiger partial charge is 0.456 e. The molecular formula is C46H31N5O3S. The zero-order chi connectivity index (χ0) is 37.0. The lowest BCUT2D eigenvalue weighted by molar-refractivity contribution is -0.117. The standard InChI is InChI=1S/C46H31N5O3S/c1-2-28-27-40(52)50(33-17-10-5-11-18-33)46(53)51-36-23-21-32(26-39(36)55-45(28)51)31-22-24-37-35(25-31)41-34(19-12-20-38(41)54-37)44-48-42(29-13-6-3-7-14-29)47-43(49-44)30-15-8-4-9-16-30/h3-26H,2,27H2,1H3. The minimum Gasteiger partial charge on any atom is -0.456 e. The van der Waals surface area contributed by atoms with Crippen LogP contribution in [-0.4, -0.2) is 26.9 Å². The molecule has 4 heterocycles. The van der Waals surface area contributed by atoms with Crippen LogP contribution in [0.5, 0.6) is 0 Å². The first kappa shape index (κ1) is 32.8. The molecule has 0 saturated carbocycles. The summed E-state index contributed by atoms with van der Waals surface area (Å²) in [4.78, 5) is 46.5. The van der Waals surface area contributed by atoms with Crippen LogP contribution in [0.4, 0.5) is 16.2 Å². The van der Waals surface area contributed by atoms with Gasteiger partial charge in [0, 0.05) is 32.4 Å². The number of fused-ring (bicyclic) bond motifs is 6. The highest BCUT2D eigenvalue weighted by Gasteiger charge is 2.41. The second kappa shape index (κ2) is 13.2. The third kappa shape index (κ3) is 5.59. The van der Waals surface area contributed by atoms with Crippen molar-refractivity contribution in [3.8, 4) is 45.3 Å². The molecule has 0 atom stereocenters. The minimum atomic E-state index is -0.364. The number of amides is 3. The SMILES string of the molecule is CCC1=C2Sc3cc(-c4ccc5oc6cccc(-c7nc(-c8ccccc8)nc(-c8ccccc8)n7)c6c5c4)ccc3N2C(=O)N(c2ccccc2)C(=O)C1. The fourth-order valence-electron chi connectivity index (χ4n) is 7.41. The number of benzene rings is 6. The molecule has 0 N–H and O–H groups in total. The van der Waals surface area contributed by atoms with E-state index in [0.717, 1.165) is 70.9 Å². The summed E-state index contributed by atoms with van der Waals surface area (Å²) in [6.45, 7) is 2.03. The number of carbonyl (C=O) groups excluding carboxylic acids is 2. The van der Waals surface area contributed by atoms with E-state index in [2.05, 4.69) is 18.2 Å². The Kier molecular flexibility index (Phi) is 7.88. The molecule has 2 aliphatic rings. The molecule has 2 aliphatic heterocycles. The predicted octanol–water partition coefficient (Wildman–Crippen LogP) is 11.5. The van der Waals surface area contributed by atoms with Gasteiger partial charge in [-0.15, -0.1) is 0 Å². The van der Waals surface area contributed by atoms with Crippen molar-refractivity contribution in [2.75, 3.05) is 9.80 Å². The Morgan fingerprint density at radius 2 is 1.25 bits per heavy atom. The number of hydrogen-bond donors (Lipinski definition) is 0. The van der Waals surface area contributed by atoms with Crippen LogP contribution in [0.1, 0.15) is 19.8 Å². The molecule has 2 aromatic heterocycles. The van der Waals surface area contributed by atoms with Crippen LogP contribution in [0.3, 0.4) is 0 Å². The van der Waals surface area contributed by atoms with E-state index in [4.69, 9.17) is 19.4 Å². The van der Waals surface area contributed by atoms with E-state index < -0.39 is 0 Å². The van der Waals surface area contributed by atoms with E-state index in [-0.39, 0.29) is 18.4 Å². The number of rotatable bonds is 6. The Morgan fingerprint density at radius 1 is 0.618 bits per heavy atom. The maximum Gasteiger partial charge on any atom is 0.340 e. The number of anilines is 2. The van der Waals surface area contributed by atoms with Crippen molar-refractivity contribution in [2.45, 2.75) is 24.7 Å². The number of carbonyl (C=O) groups is 2. The smallest absolute Gasteiger partial charge is 0.340 e. The Labute approximate surface area is 320 Å². The van der Waals surface area contributed by atoms with Crippen LogP contribution < -0.4 is 9.80 Å². The summed E-state index contributed by atoms with van der Waals surface area (Å²) in [5.41, 5.74) is 8.42. The Bertz CT molecular complexity index is 2800. The third-order valence-electron chi connectivity index (χ3n) is 10.1. The van der Waals surface area contributed by atoms with Gasteiger partial charge in [0.1, 0.15) is 11.2 Å². The lowest BCUT2D eigenvalue weighted by Gasteiger charge is -2.25. The molecule has 9 heteroatoms. The summed E-state index contributed by atoms with van der Waals surface area (Å²) in [7, 11) is 0. The van der Waals surface area contributed by atoms with E-state index in [1.165, 1.54) is 4.90 Å². The Hall–Kier alpha value is -6.84. The molecule has 6 aromatic carbocycles. The maximum atomic E-state index is 14.2. The van der Waals surface area contributed by atoms with Gasteiger partial charge in [-0.05, 0) is 65.6 Å². The van der Waals surface area contributed by atoms with Crippen molar-refractivity contribution in [2.24, 2.45) is 0 Å². The molecule has 10 rings (SSSR count). The molecule has 264 valence electrons. The Morgan fingerprint density at radius 3 is 1.95 bits per heavy atom. The fourth-order valence-corrected chi connectivity index (χ4v) is 8.70. The van der Waals surface area contributed by atoms with Gasteiger partial charge in [-0.3, -0.25) is 9.69 Å². The zero-order valence-electron chi connectivity index (χ0n) is 29.6. The first-order valence-corrected chi connectivity index (χ1v) is 18.9. The van der Waals surface area contributed by atoms with E-state index in [1.54, 1.807) is 28.8 Å². The number of para-hydroxylation sites is 1. The van der Waals surface area contributed by atoms with Crippen molar-refractivity contribution in [3.63, 3.8) is 0 Å². The van der Waals surface area contributed by atoms with Crippen molar-refractivity contribution in [1.82, 2.24) is 15.0 Å². The number of imide groups is 1. The highest BCUT2D eigenvalue weighted by Crippen LogP contribution is 2.51. The third-order valence-corrected chi connectivity index (χ3v) is 11.3. The molecule has 0 unspecified atom stereocenters. The number of furan rings is 1. The Balaban J connectivity index is 1.08. The first-order chi connectivity index (χ1) is 27.0. The minimum absolute atomic E-state index is 0.185. The number of thioether (sulfide) groups is 1. The van der Waals surface area contributed by atoms with Gasteiger partial charge in [0.25, 0.3) is 0 Å². The van der Waals surface area contributed by atoms with Gasteiger partial charge in [0.2, 0.25) is 5.91 Å². The van der Waals surface area contributed by atoms with Gasteiger partial charge in [0.15, 0.2) is 17.5 Å². The zero-order valence-corrected chi connectivity index (χ0v) is 30.5. The van der Waals surface area contributed by atoms with Gasteiger partial charge in [-0.2, -0.15) is 0 Å². The summed E-state index contributed by atoms with van der Waals surface area (Å²) in [6.07, 6.45) is 0.846. The van der Waals surface area contributed by atoms with Crippen molar-refractivity contribution >= 4 is 57.0 Å². The summed E-state index contributed by atoms with van der Waals surface area (Å²) in [6, 6.07) is 47.0. The van der Waals surface area contributed by atoms with Gasteiger partial charge in [-0.25, -0.2) is 24.6 Å². The van der Waals surface area contributed by atoms with E-state index in [1.807, 2.05) is 122 Å². The van der Waals surface area contributed by atoms with Crippen LogP contribution >= 0.6 is 11.8 Å². The van der Waals surface area contributed by atoms with E-state index in [0.29, 0.717) is 29.6 Å². The van der Waals surface area contributed by atoms with Crippen LogP contribution in [0.15, 0.2) is 166 Å². The predicted molar refractivity (Wildman–Crippen MR) is 218 cm³/mol. The average Bonchev–Trinajstić information content (AvgIpc) is 3.79. The molecule has 55 heavy (non-hydrogen) atoms. The number of aromatic nitrogens is 3. The van der Waals surface area contributed by atoms with Crippen LogP contribution in [0.25, 0.3) is 67.2 Å². The van der Waals surface area contributed by atoms with Gasteiger partial charge < -0.3 is 4.42 Å². The van der Waals surface area contributed by atoms with E-state index in [9.17, 15) is 9.59 Å². The van der Waals surface area contributed by atoms with Crippen LogP contribution in [0, 0.1) is 0 Å².